The van der Waals surface area contributed by atoms with E-state index in [0.717, 1.165) is 10.9 Å². The molecule has 2 heterocycles. The molecule has 4 heteroatoms. The van der Waals surface area contributed by atoms with Gasteiger partial charge in [-0.3, -0.25) is 4.79 Å². The fraction of sp³-hybridized carbons (Fsp3) is 0.526. The topological polar surface area (TPSA) is 45.5 Å². The molecule has 0 spiro atoms. The van der Waals surface area contributed by atoms with Crippen LogP contribution < -0.4 is 0 Å². The number of benzene rings is 1. The van der Waals surface area contributed by atoms with Gasteiger partial charge in [-0.2, -0.15) is 0 Å². The second kappa shape index (κ2) is 5.10. The molecule has 1 aliphatic rings. The Balaban J connectivity index is 1.96. The van der Waals surface area contributed by atoms with Crippen molar-refractivity contribution in [2.45, 2.75) is 39.7 Å². The molecular weight excluding hydrogens is 288 g/mol. The second-order valence-electron chi connectivity index (χ2n) is 7.73. The molecule has 1 aromatic carbocycles. The molecule has 3 rings (SSSR count). The van der Waals surface area contributed by atoms with Crippen LogP contribution in [0.4, 0.5) is 0 Å². The lowest BCUT2D eigenvalue weighted by molar-refractivity contribution is -0.0972. The number of carbonyl (C=O) groups excluding carboxylic acids is 1. The number of aliphatic hydroxyl groups is 1. The number of aryl methyl sites for hydroxylation is 2. The number of rotatable bonds is 1. The van der Waals surface area contributed by atoms with Gasteiger partial charge in [-0.15, -0.1) is 0 Å². The average Bonchev–Trinajstić information content (AvgIpc) is 2.80. The van der Waals surface area contributed by atoms with Gasteiger partial charge in [0.25, 0.3) is 5.91 Å². The first-order valence-corrected chi connectivity index (χ1v) is 8.21. The molecule has 1 N–H and O–H groups in total. The molecule has 0 radical (unpaired) electrons. The highest BCUT2D eigenvalue weighted by molar-refractivity contribution is 5.99. The summed E-state index contributed by atoms with van der Waals surface area (Å²) in [7, 11) is 1.94. The lowest BCUT2D eigenvalue weighted by atomic mass is 9.71. The summed E-state index contributed by atoms with van der Waals surface area (Å²) >= 11 is 0. The SMILES string of the molecule is Cc1cccc2c1cc(C(=O)N1CC[C@](C)(O)C(C)(C)C1)n2C. The van der Waals surface area contributed by atoms with Crippen LogP contribution in [0.15, 0.2) is 24.3 Å². The van der Waals surface area contributed by atoms with Crippen LogP contribution in [0.1, 0.15) is 43.2 Å². The highest BCUT2D eigenvalue weighted by Gasteiger charge is 2.45. The predicted octanol–water partition coefficient (Wildman–Crippen LogP) is 3.11. The quantitative estimate of drug-likeness (QED) is 0.879. The van der Waals surface area contributed by atoms with E-state index in [9.17, 15) is 9.90 Å². The lowest BCUT2D eigenvalue weighted by Gasteiger charge is -2.48. The Morgan fingerprint density at radius 3 is 2.57 bits per heavy atom. The zero-order chi connectivity index (χ0) is 17.0. The van der Waals surface area contributed by atoms with E-state index in [1.165, 1.54) is 5.56 Å². The third-order valence-electron chi connectivity index (χ3n) is 5.72. The molecule has 0 saturated carbocycles. The Morgan fingerprint density at radius 1 is 1.26 bits per heavy atom. The first kappa shape index (κ1) is 16.1. The number of likely N-dealkylation sites (tertiary alicyclic amines) is 1. The minimum absolute atomic E-state index is 0.0478. The van der Waals surface area contributed by atoms with Crippen LogP contribution in [0.5, 0.6) is 0 Å². The summed E-state index contributed by atoms with van der Waals surface area (Å²) in [6.07, 6.45) is 0.606. The van der Waals surface area contributed by atoms with Gasteiger partial charge in [-0.1, -0.05) is 26.0 Å². The third kappa shape index (κ3) is 2.45. The zero-order valence-corrected chi connectivity index (χ0v) is 14.7. The van der Waals surface area contributed by atoms with Gasteiger partial charge in [0, 0.05) is 36.5 Å². The maximum absolute atomic E-state index is 13.0. The average molecular weight is 314 g/mol. The summed E-state index contributed by atoms with van der Waals surface area (Å²) in [5.74, 6) is 0.0478. The standard InChI is InChI=1S/C19H26N2O2/c1-13-7-6-8-15-14(13)11-16(20(15)5)17(22)21-10-9-19(4,23)18(2,3)12-21/h6-8,11,23H,9-10,12H2,1-5H3/t19-/m0/s1. The van der Waals surface area contributed by atoms with Gasteiger partial charge >= 0.3 is 0 Å². The monoisotopic (exact) mass is 314 g/mol. The highest BCUT2D eigenvalue weighted by Crippen LogP contribution is 2.38. The summed E-state index contributed by atoms with van der Waals surface area (Å²) in [4.78, 5) is 14.9. The molecule has 1 amide bonds. The van der Waals surface area contributed by atoms with Gasteiger partial charge in [0.05, 0.1) is 5.60 Å². The van der Waals surface area contributed by atoms with Crippen LogP contribution >= 0.6 is 0 Å². The van der Waals surface area contributed by atoms with Gasteiger partial charge in [-0.25, -0.2) is 0 Å². The molecule has 0 bridgehead atoms. The van der Waals surface area contributed by atoms with Gasteiger partial charge < -0.3 is 14.6 Å². The molecule has 2 aromatic rings. The molecule has 0 unspecified atom stereocenters. The number of aromatic nitrogens is 1. The molecule has 4 nitrogen and oxygen atoms in total. The van der Waals surface area contributed by atoms with Gasteiger partial charge in [0.2, 0.25) is 0 Å². The highest BCUT2D eigenvalue weighted by atomic mass is 16.3. The Labute approximate surface area is 137 Å². The number of hydrogen-bond donors (Lipinski definition) is 1. The van der Waals surface area contributed by atoms with Crippen LogP contribution in [0, 0.1) is 12.3 Å². The summed E-state index contributed by atoms with van der Waals surface area (Å²) < 4.78 is 1.98. The number of hydrogen-bond acceptors (Lipinski definition) is 2. The fourth-order valence-corrected chi connectivity index (χ4v) is 3.47. The van der Waals surface area contributed by atoms with Crippen LogP contribution in [0.2, 0.25) is 0 Å². The molecule has 1 aromatic heterocycles. The molecule has 0 aliphatic carbocycles. The first-order valence-electron chi connectivity index (χ1n) is 8.21. The summed E-state index contributed by atoms with van der Waals surface area (Å²) in [5.41, 5.74) is 1.92. The van der Waals surface area contributed by atoms with E-state index < -0.39 is 5.60 Å². The largest absolute Gasteiger partial charge is 0.389 e. The van der Waals surface area contributed by atoms with E-state index in [2.05, 4.69) is 13.0 Å². The van der Waals surface area contributed by atoms with Crippen molar-refractivity contribution in [3.63, 3.8) is 0 Å². The summed E-state index contributed by atoms with van der Waals surface area (Å²) in [6.45, 7) is 9.15. The Kier molecular flexibility index (Phi) is 3.56. The predicted molar refractivity (Wildman–Crippen MR) is 92.6 cm³/mol. The van der Waals surface area contributed by atoms with Crippen molar-refractivity contribution in [1.82, 2.24) is 9.47 Å². The molecule has 23 heavy (non-hydrogen) atoms. The number of piperidine rings is 1. The Morgan fingerprint density at radius 2 is 1.96 bits per heavy atom. The van der Waals surface area contributed by atoms with Crippen molar-refractivity contribution in [2.75, 3.05) is 13.1 Å². The smallest absolute Gasteiger partial charge is 0.270 e. The number of nitrogens with zero attached hydrogens (tertiary/aromatic N) is 2. The molecular formula is C19H26N2O2. The van der Waals surface area contributed by atoms with E-state index in [-0.39, 0.29) is 11.3 Å². The Bertz CT molecular complexity index is 771. The maximum Gasteiger partial charge on any atom is 0.270 e. The molecule has 1 fully saturated rings. The van der Waals surface area contributed by atoms with Crippen LogP contribution in [0.25, 0.3) is 10.9 Å². The van der Waals surface area contributed by atoms with Gasteiger partial charge in [0.1, 0.15) is 5.69 Å². The van der Waals surface area contributed by atoms with Crippen molar-refractivity contribution in [3.8, 4) is 0 Å². The van der Waals surface area contributed by atoms with E-state index >= 15 is 0 Å². The van der Waals surface area contributed by atoms with Crippen molar-refractivity contribution in [1.29, 1.82) is 0 Å². The lowest BCUT2D eigenvalue weighted by Crippen LogP contribution is -2.57. The molecule has 1 saturated heterocycles. The van der Waals surface area contributed by atoms with Gasteiger partial charge in [0.15, 0.2) is 0 Å². The van der Waals surface area contributed by atoms with Crippen molar-refractivity contribution in [2.24, 2.45) is 12.5 Å². The number of amides is 1. The van der Waals surface area contributed by atoms with E-state index in [1.807, 2.05) is 55.5 Å². The minimum atomic E-state index is -0.737. The van der Waals surface area contributed by atoms with Crippen LogP contribution in [-0.4, -0.2) is 39.2 Å². The Hall–Kier alpha value is -1.81. The molecule has 124 valence electrons. The second-order valence-corrected chi connectivity index (χ2v) is 7.73. The maximum atomic E-state index is 13.0. The molecule has 1 aliphatic heterocycles. The molecule has 1 atom stereocenters. The summed E-state index contributed by atoms with van der Waals surface area (Å²) in [5, 5.41) is 11.7. The van der Waals surface area contributed by atoms with E-state index in [1.54, 1.807) is 0 Å². The van der Waals surface area contributed by atoms with Crippen LogP contribution in [-0.2, 0) is 7.05 Å². The minimum Gasteiger partial charge on any atom is -0.389 e. The van der Waals surface area contributed by atoms with Crippen molar-refractivity contribution >= 4 is 16.8 Å². The third-order valence-corrected chi connectivity index (χ3v) is 5.72. The normalized spacial score (nSPS) is 24.2. The van der Waals surface area contributed by atoms with E-state index in [4.69, 9.17) is 0 Å². The number of fused-ring (bicyclic) bond motifs is 1. The van der Waals surface area contributed by atoms with Crippen LogP contribution in [0.3, 0.4) is 0 Å². The number of carbonyl (C=O) groups is 1. The van der Waals surface area contributed by atoms with Gasteiger partial charge in [-0.05, 0) is 38.0 Å². The fourth-order valence-electron chi connectivity index (χ4n) is 3.47. The van der Waals surface area contributed by atoms with Crippen molar-refractivity contribution in [3.05, 3.63) is 35.5 Å². The van der Waals surface area contributed by atoms with Crippen molar-refractivity contribution < 1.29 is 9.90 Å². The first-order chi connectivity index (χ1) is 10.6. The summed E-state index contributed by atoms with van der Waals surface area (Å²) in [6, 6.07) is 8.13. The zero-order valence-electron chi connectivity index (χ0n) is 14.7. The van der Waals surface area contributed by atoms with E-state index in [0.29, 0.717) is 25.2 Å².